The highest BCUT2D eigenvalue weighted by Crippen LogP contribution is 2.55. The van der Waals surface area contributed by atoms with Gasteiger partial charge in [0.05, 0.1) is 6.54 Å². The van der Waals surface area contributed by atoms with Gasteiger partial charge in [-0.1, -0.05) is 71.1 Å². The zero-order valence-electron chi connectivity index (χ0n) is 12.6. The maximum atomic E-state index is 5.22. The first-order chi connectivity index (χ1) is 9.37. The van der Waals surface area contributed by atoms with E-state index in [0.717, 1.165) is 13.1 Å². The summed E-state index contributed by atoms with van der Waals surface area (Å²) in [5.41, 5.74) is 0. The summed E-state index contributed by atoms with van der Waals surface area (Å²) in [6, 6.07) is 0. The molecule has 0 amide bonds. The second kappa shape index (κ2) is 8.23. The second-order valence-electron chi connectivity index (χ2n) is 6.09. The van der Waals surface area contributed by atoms with Gasteiger partial charge in [0.2, 0.25) is 12.1 Å². The van der Waals surface area contributed by atoms with Crippen LogP contribution in [0.3, 0.4) is 0 Å². The lowest BCUT2D eigenvalue weighted by atomic mass is 10.1. The number of nitrogens with one attached hydrogen (secondary N) is 1. The number of hydrogen-bond donors (Lipinski definition) is 1. The molecule has 19 heavy (non-hydrogen) atoms. The van der Waals surface area contributed by atoms with E-state index in [1.54, 1.807) is 0 Å². The molecule has 0 spiro atoms. The molecule has 0 atom stereocenters. The predicted octanol–water partition coefficient (Wildman–Crippen LogP) is 3.97. The fourth-order valence-corrected chi connectivity index (χ4v) is 2.65. The lowest BCUT2D eigenvalue weighted by molar-refractivity contribution is -0.0485. The summed E-state index contributed by atoms with van der Waals surface area (Å²) in [4.78, 5) is 0. The number of hydrogen-bond acceptors (Lipinski definition) is 3. The first kappa shape index (κ1) is 15.3. The van der Waals surface area contributed by atoms with Crippen molar-refractivity contribution in [2.45, 2.75) is 89.6 Å². The Morgan fingerprint density at radius 3 is 1.74 bits per heavy atom. The van der Waals surface area contributed by atoms with Crippen LogP contribution in [0, 0.1) is 0 Å². The Bertz CT molecular complexity index is 239. The van der Waals surface area contributed by atoms with Crippen molar-refractivity contribution in [1.29, 1.82) is 0 Å². The first-order valence-electron chi connectivity index (χ1n) is 8.44. The molecule has 3 heteroatoms. The Hall–Kier alpha value is -0.120. The summed E-state index contributed by atoms with van der Waals surface area (Å²) in [6.07, 6.45) is 15.6. The number of epoxide rings is 2. The fraction of sp³-hybridized carbons (Fsp3) is 1.00. The van der Waals surface area contributed by atoms with Crippen LogP contribution in [0.15, 0.2) is 0 Å². The first-order valence-corrected chi connectivity index (χ1v) is 8.44. The molecule has 0 saturated carbocycles. The Kier molecular flexibility index (Phi) is 6.62. The topological polar surface area (TPSA) is 37.1 Å². The van der Waals surface area contributed by atoms with Gasteiger partial charge in [-0.2, -0.15) is 0 Å². The van der Waals surface area contributed by atoms with Gasteiger partial charge in [-0.3, -0.25) is 0 Å². The second-order valence-corrected chi connectivity index (χ2v) is 6.09. The molecule has 112 valence electrons. The van der Waals surface area contributed by atoms with E-state index in [9.17, 15) is 0 Å². The summed E-state index contributed by atoms with van der Waals surface area (Å²) in [6.45, 7) is 4.27. The van der Waals surface area contributed by atoms with Crippen molar-refractivity contribution in [3.05, 3.63) is 0 Å². The molecule has 0 radical (unpaired) electrons. The van der Waals surface area contributed by atoms with E-state index in [1.807, 2.05) is 0 Å². The Balaban J connectivity index is 1.21. The minimum Gasteiger partial charge on any atom is -0.312 e. The van der Waals surface area contributed by atoms with Gasteiger partial charge in [-0.25, -0.2) is 0 Å². The molecular formula is C16H31NO2. The van der Waals surface area contributed by atoms with E-state index in [1.165, 1.54) is 70.6 Å². The van der Waals surface area contributed by atoms with Gasteiger partial charge < -0.3 is 14.8 Å². The monoisotopic (exact) mass is 269 g/mol. The fourth-order valence-electron chi connectivity index (χ4n) is 2.65. The van der Waals surface area contributed by atoms with Crippen LogP contribution in [0.1, 0.15) is 77.6 Å². The number of unbranched alkanes of at least 4 members (excludes halogenated alkanes) is 10. The summed E-state index contributed by atoms with van der Waals surface area (Å²) < 4.78 is 10.4. The van der Waals surface area contributed by atoms with E-state index in [0.29, 0.717) is 0 Å². The quantitative estimate of drug-likeness (QED) is 0.383. The Morgan fingerprint density at radius 1 is 0.789 bits per heavy atom. The Labute approximate surface area is 118 Å². The van der Waals surface area contributed by atoms with Crippen molar-refractivity contribution in [1.82, 2.24) is 5.32 Å². The summed E-state index contributed by atoms with van der Waals surface area (Å²) >= 11 is 0. The van der Waals surface area contributed by atoms with Crippen LogP contribution in [0.2, 0.25) is 0 Å². The molecule has 0 unspecified atom stereocenters. The van der Waals surface area contributed by atoms with Crippen LogP contribution in [0.5, 0.6) is 0 Å². The van der Waals surface area contributed by atoms with Gasteiger partial charge >= 0.3 is 0 Å². The number of rotatable bonds is 14. The maximum Gasteiger partial charge on any atom is 0.238 e. The van der Waals surface area contributed by atoms with Gasteiger partial charge in [0.15, 0.2) is 0 Å². The smallest absolute Gasteiger partial charge is 0.238 e. The lowest BCUT2D eigenvalue weighted by Gasteiger charge is -2.05. The SMILES string of the molecule is CCCCCCCCCCCCCNCC12OC1O2. The average molecular weight is 269 g/mol. The minimum absolute atomic E-state index is 0.150. The zero-order valence-corrected chi connectivity index (χ0v) is 12.6. The molecule has 0 bridgehead atoms. The van der Waals surface area contributed by atoms with Crippen molar-refractivity contribution in [2.24, 2.45) is 0 Å². The minimum atomic E-state index is -0.155. The Morgan fingerprint density at radius 2 is 1.26 bits per heavy atom. The number of ether oxygens (including phenoxy) is 2. The normalized spacial score (nSPS) is 27.3. The van der Waals surface area contributed by atoms with Crippen molar-refractivity contribution in [3.8, 4) is 0 Å². The molecule has 0 aromatic rings. The largest absolute Gasteiger partial charge is 0.312 e. The third-order valence-electron chi connectivity index (χ3n) is 4.19. The molecule has 2 fully saturated rings. The molecular weight excluding hydrogens is 238 g/mol. The van der Waals surface area contributed by atoms with Crippen LogP contribution < -0.4 is 5.32 Å². The van der Waals surface area contributed by atoms with E-state index < -0.39 is 0 Å². The molecule has 0 aromatic heterocycles. The van der Waals surface area contributed by atoms with E-state index in [-0.39, 0.29) is 12.1 Å². The van der Waals surface area contributed by atoms with E-state index >= 15 is 0 Å². The van der Waals surface area contributed by atoms with Gasteiger partial charge in [-0.05, 0) is 13.0 Å². The maximum absolute atomic E-state index is 5.22. The summed E-state index contributed by atoms with van der Waals surface area (Å²) in [5.74, 6) is -0.155. The van der Waals surface area contributed by atoms with E-state index in [4.69, 9.17) is 9.47 Å². The third-order valence-corrected chi connectivity index (χ3v) is 4.19. The lowest BCUT2D eigenvalue weighted by Crippen LogP contribution is -2.25. The molecule has 1 N–H and O–H groups in total. The van der Waals surface area contributed by atoms with E-state index in [2.05, 4.69) is 12.2 Å². The molecule has 2 aliphatic heterocycles. The van der Waals surface area contributed by atoms with Gasteiger partial charge in [0, 0.05) is 0 Å². The van der Waals surface area contributed by atoms with Gasteiger partial charge in [-0.15, -0.1) is 0 Å². The van der Waals surface area contributed by atoms with Gasteiger partial charge in [0.1, 0.15) is 0 Å². The van der Waals surface area contributed by atoms with Gasteiger partial charge in [0.25, 0.3) is 0 Å². The molecule has 2 heterocycles. The molecule has 0 aliphatic carbocycles. The third kappa shape index (κ3) is 5.80. The van der Waals surface area contributed by atoms with Crippen LogP contribution >= 0.6 is 0 Å². The zero-order chi connectivity index (χ0) is 13.4. The van der Waals surface area contributed by atoms with Crippen molar-refractivity contribution >= 4 is 0 Å². The van der Waals surface area contributed by atoms with Crippen LogP contribution in [-0.4, -0.2) is 25.2 Å². The molecule has 3 nitrogen and oxygen atoms in total. The van der Waals surface area contributed by atoms with Crippen LogP contribution in [-0.2, 0) is 9.47 Å². The van der Waals surface area contributed by atoms with Crippen molar-refractivity contribution in [2.75, 3.05) is 13.1 Å². The highest BCUT2D eigenvalue weighted by atomic mass is 17.0. The highest BCUT2D eigenvalue weighted by molar-refractivity contribution is 5.04. The number of fused-ring (bicyclic) bond motifs is 1. The molecule has 2 aliphatic rings. The molecule has 2 saturated heterocycles. The molecule has 2 rings (SSSR count). The standard InChI is InChI=1S/C16H31NO2/c1-2-3-4-5-6-7-8-9-10-11-12-13-17-14-16-15(18-16)19-16/h15,17H,2-14H2,1H3. The average Bonchev–Trinajstić information content (AvgIpc) is 3.25. The summed E-state index contributed by atoms with van der Waals surface area (Å²) in [7, 11) is 0. The predicted molar refractivity (Wildman–Crippen MR) is 78.0 cm³/mol. The van der Waals surface area contributed by atoms with Crippen LogP contribution in [0.25, 0.3) is 0 Å². The highest BCUT2D eigenvalue weighted by Gasteiger charge is 2.76. The van der Waals surface area contributed by atoms with Crippen molar-refractivity contribution in [3.63, 3.8) is 0 Å². The molecule has 0 aromatic carbocycles. The van der Waals surface area contributed by atoms with Crippen LogP contribution in [0.4, 0.5) is 0 Å². The summed E-state index contributed by atoms with van der Waals surface area (Å²) in [5, 5.41) is 3.41. The van der Waals surface area contributed by atoms with Crippen molar-refractivity contribution < 1.29 is 9.47 Å².